The molecule has 0 saturated carbocycles. The molecule has 1 atom stereocenters. The number of fused-ring (bicyclic) bond motifs is 1. The second-order valence-corrected chi connectivity index (χ2v) is 5.62. The SMILES string of the molecule is O=C(O)c1cc(Oc2cccnc2)c2ncn(CC3CCO3)c2c1. The molecule has 0 radical (unpaired) electrons. The zero-order valence-electron chi connectivity index (χ0n) is 12.8. The van der Waals surface area contributed by atoms with Gasteiger partial charge in [0.05, 0.1) is 36.3 Å². The molecular formula is C17H15N3O4. The number of imidazole rings is 1. The highest BCUT2D eigenvalue weighted by Gasteiger charge is 2.21. The molecule has 7 heteroatoms. The van der Waals surface area contributed by atoms with Gasteiger partial charge >= 0.3 is 5.97 Å². The summed E-state index contributed by atoms with van der Waals surface area (Å²) < 4.78 is 13.2. The Bertz CT molecular complexity index is 887. The van der Waals surface area contributed by atoms with Gasteiger partial charge in [0.2, 0.25) is 0 Å². The molecule has 1 N–H and O–H groups in total. The molecule has 0 aliphatic carbocycles. The summed E-state index contributed by atoms with van der Waals surface area (Å²) in [4.78, 5) is 19.8. The third-order valence-corrected chi connectivity index (χ3v) is 3.99. The number of aromatic nitrogens is 3. The van der Waals surface area contributed by atoms with Gasteiger partial charge in [0.1, 0.15) is 11.3 Å². The second-order valence-electron chi connectivity index (χ2n) is 5.62. The van der Waals surface area contributed by atoms with E-state index in [0.29, 0.717) is 29.1 Å². The molecule has 3 heterocycles. The molecule has 1 aromatic carbocycles. The van der Waals surface area contributed by atoms with E-state index in [1.54, 1.807) is 36.9 Å². The number of rotatable bonds is 5. The van der Waals surface area contributed by atoms with Crippen LogP contribution >= 0.6 is 0 Å². The summed E-state index contributed by atoms with van der Waals surface area (Å²) >= 11 is 0. The summed E-state index contributed by atoms with van der Waals surface area (Å²) in [6.45, 7) is 1.42. The van der Waals surface area contributed by atoms with Crippen molar-refractivity contribution >= 4 is 17.0 Å². The lowest BCUT2D eigenvalue weighted by Crippen LogP contribution is -2.30. The van der Waals surface area contributed by atoms with Crippen molar-refractivity contribution in [2.45, 2.75) is 19.1 Å². The van der Waals surface area contributed by atoms with Crippen molar-refractivity contribution in [2.75, 3.05) is 6.61 Å². The minimum absolute atomic E-state index is 0.151. The number of benzene rings is 1. The van der Waals surface area contributed by atoms with E-state index in [1.165, 1.54) is 6.07 Å². The number of hydrogen-bond acceptors (Lipinski definition) is 5. The lowest BCUT2D eigenvalue weighted by Gasteiger charge is -2.26. The summed E-state index contributed by atoms with van der Waals surface area (Å²) in [5.41, 5.74) is 1.48. The molecular weight excluding hydrogens is 310 g/mol. The Morgan fingerprint density at radius 2 is 2.33 bits per heavy atom. The predicted molar refractivity (Wildman–Crippen MR) is 85.4 cm³/mol. The van der Waals surface area contributed by atoms with Gasteiger partial charge in [-0.3, -0.25) is 4.98 Å². The lowest BCUT2D eigenvalue weighted by atomic mass is 10.1. The van der Waals surface area contributed by atoms with E-state index in [4.69, 9.17) is 9.47 Å². The Balaban J connectivity index is 1.77. The van der Waals surface area contributed by atoms with Gasteiger partial charge in [-0.05, 0) is 30.7 Å². The molecule has 1 saturated heterocycles. The molecule has 0 bridgehead atoms. The number of aromatic carboxylic acids is 1. The molecule has 3 aromatic rings. The van der Waals surface area contributed by atoms with Crippen LogP contribution in [0.15, 0.2) is 43.0 Å². The Labute approximate surface area is 137 Å². The van der Waals surface area contributed by atoms with Crippen molar-refractivity contribution < 1.29 is 19.4 Å². The normalized spacial score (nSPS) is 16.8. The highest BCUT2D eigenvalue weighted by atomic mass is 16.5. The quantitative estimate of drug-likeness (QED) is 0.776. The Morgan fingerprint density at radius 3 is 3.00 bits per heavy atom. The smallest absolute Gasteiger partial charge is 0.335 e. The van der Waals surface area contributed by atoms with E-state index in [1.807, 2.05) is 4.57 Å². The van der Waals surface area contributed by atoms with Crippen LogP contribution < -0.4 is 4.74 Å². The van der Waals surface area contributed by atoms with Crippen molar-refractivity contribution in [3.8, 4) is 11.5 Å². The standard InChI is InChI=1S/C17H15N3O4/c21-17(22)11-6-14-16(19-10-20(14)9-13-3-5-23-13)15(7-11)24-12-2-1-4-18-8-12/h1-2,4,6-8,10,13H,3,5,9H2,(H,21,22). The topological polar surface area (TPSA) is 86.5 Å². The molecule has 0 amide bonds. The van der Waals surface area contributed by atoms with Gasteiger partial charge in [0.25, 0.3) is 0 Å². The number of hydrogen-bond donors (Lipinski definition) is 1. The van der Waals surface area contributed by atoms with Crippen LogP contribution in [0.5, 0.6) is 11.5 Å². The average molecular weight is 325 g/mol. The zero-order valence-corrected chi connectivity index (χ0v) is 12.8. The first kappa shape index (κ1) is 14.6. The van der Waals surface area contributed by atoms with E-state index < -0.39 is 5.97 Å². The van der Waals surface area contributed by atoms with Crippen molar-refractivity contribution in [1.82, 2.24) is 14.5 Å². The third-order valence-electron chi connectivity index (χ3n) is 3.99. The van der Waals surface area contributed by atoms with Gasteiger partial charge in [0.15, 0.2) is 5.75 Å². The molecule has 1 aliphatic heterocycles. The van der Waals surface area contributed by atoms with Crippen LogP contribution in [0.25, 0.3) is 11.0 Å². The van der Waals surface area contributed by atoms with Crippen LogP contribution in [0.1, 0.15) is 16.8 Å². The first-order chi connectivity index (χ1) is 11.7. The van der Waals surface area contributed by atoms with Crippen molar-refractivity contribution in [3.63, 3.8) is 0 Å². The number of carbonyl (C=O) groups is 1. The molecule has 2 aromatic heterocycles. The predicted octanol–water partition coefficient (Wildman–Crippen LogP) is 2.71. The Kier molecular flexibility index (Phi) is 3.62. The van der Waals surface area contributed by atoms with Crippen LogP contribution in [0.2, 0.25) is 0 Å². The fourth-order valence-electron chi connectivity index (χ4n) is 2.66. The summed E-state index contributed by atoms with van der Waals surface area (Å²) in [5, 5.41) is 9.38. The maximum Gasteiger partial charge on any atom is 0.335 e. The summed E-state index contributed by atoms with van der Waals surface area (Å²) in [7, 11) is 0. The van der Waals surface area contributed by atoms with Gasteiger partial charge in [-0.2, -0.15) is 0 Å². The van der Waals surface area contributed by atoms with Crippen molar-refractivity contribution in [3.05, 3.63) is 48.5 Å². The van der Waals surface area contributed by atoms with Gasteiger partial charge in [0, 0.05) is 12.8 Å². The summed E-state index contributed by atoms with van der Waals surface area (Å²) in [6, 6.07) is 6.60. The summed E-state index contributed by atoms with van der Waals surface area (Å²) in [6.07, 6.45) is 6.05. The van der Waals surface area contributed by atoms with Gasteiger partial charge in [-0.15, -0.1) is 0 Å². The zero-order chi connectivity index (χ0) is 16.5. The van der Waals surface area contributed by atoms with E-state index in [0.717, 1.165) is 13.0 Å². The number of nitrogens with zero attached hydrogens (tertiary/aromatic N) is 3. The van der Waals surface area contributed by atoms with Crippen LogP contribution in [0.3, 0.4) is 0 Å². The molecule has 4 rings (SSSR count). The van der Waals surface area contributed by atoms with Gasteiger partial charge in [-0.25, -0.2) is 9.78 Å². The van der Waals surface area contributed by atoms with Crippen LogP contribution in [0.4, 0.5) is 0 Å². The van der Waals surface area contributed by atoms with Gasteiger partial charge < -0.3 is 19.1 Å². The maximum atomic E-state index is 11.4. The van der Waals surface area contributed by atoms with Gasteiger partial charge in [-0.1, -0.05) is 0 Å². The minimum Gasteiger partial charge on any atom is -0.478 e. The fourth-order valence-corrected chi connectivity index (χ4v) is 2.66. The van der Waals surface area contributed by atoms with Crippen LogP contribution in [-0.4, -0.2) is 38.3 Å². The lowest BCUT2D eigenvalue weighted by molar-refractivity contribution is -0.0586. The van der Waals surface area contributed by atoms with Crippen molar-refractivity contribution in [1.29, 1.82) is 0 Å². The number of pyridine rings is 1. The third kappa shape index (κ3) is 2.69. The van der Waals surface area contributed by atoms with E-state index in [9.17, 15) is 9.90 Å². The highest BCUT2D eigenvalue weighted by molar-refractivity contribution is 5.95. The number of carboxylic acids is 1. The molecule has 1 fully saturated rings. The number of carboxylic acid groups (broad SMARTS) is 1. The van der Waals surface area contributed by atoms with E-state index >= 15 is 0 Å². The minimum atomic E-state index is -1.01. The average Bonchev–Trinajstić information content (AvgIpc) is 2.95. The van der Waals surface area contributed by atoms with Crippen LogP contribution in [-0.2, 0) is 11.3 Å². The molecule has 1 unspecified atom stereocenters. The molecule has 0 spiro atoms. The Morgan fingerprint density at radius 1 is 1.46 bits per heavy atom. The fraction of sp³-hybridized carbons (Fsp3) is 0.235. The second kappa shape index (κ2) is 5.93. The first-order valence-corrected chi connectivity index (χ1v) is 7.62. The largest absolute Gasteiger partial charge is 0.478 e. The monoisotopic (exact) mass is 325 g/mol. The molecule has 1 aliphatic rings. The highest BCUT2D eigenvalue weighted by Crippen LogP contribution is 2.31. The Hall–Kier alpha value is -2.93. The van der Waals surface area contributed by atoms with Crippen molar-refractivity contribution in [2.24, 2.45) is 0 Å². The maximum absolute atomic E-state index is 11.4. The molecule has 7 nitrogen and oxygen atoms in total. The van der Waals surface area contributed by atoms with E-state index in [-0.39, 0.29) is 11.7 Å². The first-order valence-electron chi connectivity index (χ1n) is 7.62. The number of ether oxygens (including phenoxy) is 2. The van der Waals surface area contributed by atoms with Crippen LogP contribution in [0, 0.1) is 0 Å². The van der Waals surface area contributed by atoms with E-state index in [2.05, 4.69) is 9.97 Å². The summed E-state index contributed by atoms with van der Waals surface area (Å²) in [5.74, 6) is -0.0926. The molecule has 122 valence electrons. The molecule has 24 heavy (non-hydrogen) atoms.